The fourth-order valence-electron chi connectivity index (χ4n) is 3.70. The highest BCUT2D eigenvalue weighted by Crippen LogP contribution is 2.18. The molecule has 22 heavy (non-hydrogen) atoms. The summed E-state index contributed by atoms with van der Waals surface area (Å²) in [7, 11) is 0. The molecule has 4 heteroatoms. The third-order valence-electron chi connectivity index (χ3n) is 5.16. The van der Waals surface area contributed by atoms with Gasteiger partial charge in [-0.3, -0.25) is 9.80 Å². The maximum atomic E-state index is 9.50. The van der Waals surface area contributed by atoms with E-state index in [1.54, 1.807) is 0 Å². The fraction of sp³-hybridized carbons (Fsp3) is 0.667. The molecule has 2 saturated heterocycles. The molecule has 122 valence electrons. The third-order valence-corrected chi connectivity index (χ3v) is 5.16. The Bertz CT molecular complexity index is 431. The molecule has 0 radical (unpaired) electrons. The van der Waals surface area contributed by atoms with Crippen molar-refractivity contribution in [2.24, 2.45) is 0 Å². The van der Waals surface area contributed by atoms with E-state index in [1.165, 1.54) is 18.5 Å². The number of aliphatic hydroxyl groups excluding tert-OH is 1. The van der Waals surface area contributed by atoms with Crippen LogP contribution in [-0.2, 0) is 0 Å². The van der Waals surface area contributed by atoms with Gasteiger partial charge in [-0.2, -0.15) is 0 Å². The number of hydrogen-bond donors (Lipinski definition) is 1. The minimum atomic E-state index is 0.321. The first-order chi connectivity index (χ1) is 10.9. The van der Waals surface area contributed by atoms with Crippen LogP contribution in [0, 0.1) is 0 Å². The molecule has 2 aliphatic heterocycles. The molecule has 1 N–H and O–H groups in total. The Morgan fingerprint density at radius 2 is 1.68 bits per heavy atom. The van der Waals surface area contributed by atoms with Crippen LogP contribution in [0.4, 0.5) is 5.69 Å². The summed E-state index contributed by atoms with van der Waals surface area (Å²) in [5.74, 6) is 0. The van der Waals surface area contributed by atoms with Crippen LogP contribution in [0.3, 0.4) is 0 Å². The van der Waals surface area contributed by atoms with Crippen molar-refractivity contribution in [3.8, 4) is 0 Å². The van der Waals surface area contributed by atoms with Crippen LogP contribution >= 0.6 is 0 Å². The molecule has 1 unspecified atom stereocenters. The Morgan fingerprint density at radius 3 is 2.41 bits per heavy atom. The zero-order chi connectivity index (χ0) is 15.2. The van der Waals surface area contributed by atoms with Crippen molar-refractivity contribution in [3.63, 3.8) is 0 Å². The minimum Gasteiger partial charge on any atom is -0.395 e. The van der Waals surface area contributed by atoms with Gasteiger partial charge in [0.2, 0.25) is 0 Å². The lowest BCUT2D eigenvalue weighted by molar-refractivity contribution is 0.0783. The van der Waals surface area contributed by atoms with Crippen LogP contribution in [-0.4, -0.2) is 73.4 Å². The number of likely N-dealkylation sites (tertiary alicyclic amines) is 1. The Kier molecular flexibility index (Phi) is 5.70. The first kappa shape index (κ1) is 15.8. The number of nitrogens with zero attached hydrogens (tertiary/aromatic N) is 3. The van der Waals surface area contributed by atoms with Crippen LogP contribution in [0.5, 0.6) is 0 Å². The van der Waals surface area contributed by atoms with Crippen molar-refractivity contribution >= 4 is 5.69 Å². The second kappa shape index (κ2) is 7.95. The zero-order valence-corrected chi connectivity index (χ0v) is 13.5. The quantitative estimate of drug-likeness (QED) is 0.896. The van der Waals surface area contributed by atoms with Crippen molar-refractivity contribution in [3.05, 3.63) is 30.3 Å². The van der Waals surface area contributed by atoms with Crippen molar-refractivity contribution < 1.29 is 5.11 Å². The highest BCUT2D eigenvalue weighted by Gasteiger charge is 2.23. The molecule has 1 aromatic carbocycles. The molecule has 3 rings (SSSR count). The SMILES string of the molecule is OCC1CCCCN1CCN1CCN(c2ccccc2)CC1. The molecule has 0 aromatic heterocycles. The number of rotatable bonds is 5. The summed E-state index contributed by atoms with van der Waals surface area (Å²) >= 11 is 0. The third kappa shape index (κ3) is 4.00. The summed E-state index contributed by atoms with van der Waals surface area (Å²) in [6, 6.07) is 11.1. The smallest absolute Gasteiger partial charge is 0.0586 e. The number of benzene rings is 1. The van der Waals surface area contributed by atoms with E-state index < -0.39 is 0 Å². The van der Waals surface area contributed by atoms with Gasteiger partial charge in [-0.25, -0.2) is 0 Å². The summed E-state index contributed by atoms with van der Waals surface area (Å²) in [5.41, 5.74) is 1.35. The molecule has 0 spiro atoms. The van der Waals surface area contributed by atoms with Gasteiger partial charge < -0.3 is 10.0 Å². The molecular weight excluding hydrogens is 274 g/mol. The Hall–Kier alpha value is -1.10. The molecule has 1 aromatic rings. The van der Waals surface area contributed by atoms with Crippen molar-refractivity contribution in [2.45, 2.75) is 25.3 Å². The second-order valence-electron chi connectivity index (χ2n) is 6.53. The molecule has 0 aliphatic carbocycles. The van der Waals surface area contributed by atoms with Gasteiger partial charge in [-0.05, 0) is 31.5 Å². The minimum absolute atomic E-state index is 0.321. The number of aliphatic hydroxyl groups is 1. The van der Waals surface area contributed by atoms with Crippen LogP contribution in [0.2, 0.25) is 0 Å². The van der Waals surface area contributed by atoms with E-state index in [1.807, 2.05) is 0 Å². The van der Waals surface area contributed by atoms with Crippen molar-refractivity contribution in [2.75, 3.05) is 57.3 Å². The number of anilines is 1. The van der Waals surface area contributed by atoms with Gasteiger partial charge in [-0.1, -0.05) is 24.6 Å². The van der Waals surface area contributed by atoms with E-state index in [0.29, 0.717) is 12.6 Å². The monoisotopic (exact) mass is 303 g/mol. The summed E-state index contributed by atoms with van der Waals surface area (Å²) in [5, 5.41) is 9.50. The van der Waals surface area contributed by atoms with Gasteiger partial charge in [0.05, 0.1) is 6.61 Å². The Morgan fingerprint density at radius 1 is 0.909 bits per heavy atom. The molecule has 1 atom stereocenters. The molecule has 2 fully saturated rings. The largest absolute Gasteiger partial charge is 0.395 e. The number of piperidine rings is 1. The van der Waals surface area contributed by atoms with Crippen molar-refractivity contribution in [1.82, 2.24) is 9.80 Å². The average molecular weight is 303 g/mol. The van der Waals surface area contributed by atoms with Gasteiger partial charge >= 0.3 is 0 Å². The highest BCUT2D eigenvalue weighted by molar-refractivity contribution is 5.46. The van der Waals surface area contributed by atoms with Crippen molar-refractivity contribution in [1.29, 1.82) is 0 Å². The van der Waals surface area contributed by atoms with Crippen LogP contribution in [0.15, 0.2) is 30.3 Å². The van der Waals surface area contributed by atoms with Gasteiger partial charge in [0.15, 0.2) is 0 Å². The summed E-state index contributed by atoms with van der Waals surface area (Å²) < 4.78 is 0. The van der Waals surface area contributed by atoms with Gasteiger partial charge in [0, 0.05) is 51.0 Å². The lowest BCUT2D eigenvalue weighted by Crippen LogP contribution is -2.50. The topological polar surface area (TPSA) is 30.0 Å². The lowest BCUT2D eigenvalue weighted by Gasteiger charge is -2.39. The standard InChI is InChI=1S/C18H29N3O/c22-16-18-8-4-5-9-20(18)13-10-19-11-14-21(15-12-19)17-6-2-1-3-7-17/h1-3,6-7,18,22H,4-5,8-16H2. The molecule has 4 nitrogen and oxygen atoms in total. The van der Waals surface area contributed by atoms with Crippen LogP contribution < -0.4 is 4.90 Å². The first-order valence-electron chi connectivity index (χ1n) is 8.74. The van der Waals surface area contributed by atoms with E-state index in [4.69, 9.17) is 0 Å². The molecule has 0 amide bonds. The van der Waals surface area contributed by atoms with E-state index in [2.05, 4.69) is 45.0 Å². The predicted octanol–water partition coefficient (Wildman–Crippen LogP) is 1.66. The Labute approximate surface area is 134 Å². The number of hydrogen-bond acceptors (Lipinski definition) is 4. The first-order valence-corrected chi connectivity index (χ1v) is 8.74. The number of piperazine rings is 1. The zero-order valence-electron chi connectivity index (χ0n) is 13.5. The van der Waals surface area contributed by atoms with E-state index >= 15 is 0 Å². The molecule has 2 aliphatic rings. The van der Waals surface area contributed by atoms with E-state index in [-0.39, 0.29) is 0 Å². The normalized spacial score (nSPS) is 24.6. The average Bonchev–Trinajstić information content (AvgIpc) is 2.61. The second-order valence-corrected chi connectivity index (χ2v) is 6.53. The van der Waals surface area contributed by atoms with Gasteiger partial charge in [0.1, 0.15) is 0 Å². The summed E-state index contributed by atoms with van der Waals surface area (Å²) in [6.45, 7) is 8.26. The molecule has 0 saturated carbocycles. The molecule has 0 bridgehead atoms. The fourth-order valence-corrected chi connectivity index (χ4v) is 3.70. The maximum absolute atomic E-state index is 9.50. The van der Waals surface area contributed by atoms with E-state index in [9.17, 15) is 5.11 Å². The van der Waals surface area contributed by atoms with Crippen LogP contribution in [0.25, 0.3) is 0 Å². The molecular formula is C18H29N3O. The van der Waals surface area contributed by atoms with E-state index in [0.717, 1.165) is 52.2 Å². The summed E-state index contributed by atoms with van der Waals surface area (Å²) in [6.07, 6.45) is 3.73. The number of para-hydroxylation sites is 1. The molecule has 2 heterocycles. The highest BCUT2D eigenvalue weighted by atomic mass is 16.3. The Balaban J connectivity index is 1.42. The summed E-state index contributed by atoms with van der Waals surface area (Å²) in [4.78, 5) is 7.55. The maximum Gasteiger partial charge on any atom is 0.0586 e. The van der Waals surface area contributed by atoms with Gasteiger partial charge in [0.25, 0.3) is 0 Å². The van der Waals surface area contributed by atoms with Crippen LogP contribution in [0.1, 0.15) is 19.3 Å². The lowest BCUT2D eigenvalue weighted by atomic mass is 10.0. The van der Waals surface area contributed by atoms with Gasteiger partial charge in [-0.15, -0.1) is 0 Å². The predicted molar refractivity (Wildman–Crippen MR) is 91.4 cm³/mol.